The van der Waals surface area contributed by atoms with Crippen molar-refractivity contribution >= 4 is 92.5 Å². The minimum absolute atomic E-state index is 0.0170. The van der Waals surface area contributed by atoms with Gasteiger partial charge in [0.15, 0.2) is 5.96 Å². The van der Waals surface area contributed by atoms with Crippen LogP contribution >= 0.6 is 21.6 Å². The molecule has 2 saturated heterocycles. The summed E-state index contributed by atoms with van der Waals surface area (Å²) in [7, 11) is 3.71. The fraction of sp³-hybridized carbons (Fsp3) is 0.489. The Morgan fingerprint density at radius 2 is 1.36 bits per heavy atom. The molecule has 75 heavy (non-hydrogen) atoms. The molecule has 2 aliphatic rings. The topological polar surface area (TPSA) is 427 Å². The number of carbonyl (C=O) groups excluding carboxylic acids is 11. The first kappa shape index (κ1) is 59.9. The summed E-state index contributed by atoms with van der Waals surface area (Å²) < 4.78 is 5.27. The zero-order chi connectivity index (χ0) is 55.0. The average Bonchev–Trinajstić information content (AvgIpc) is 3.87. The summed E-state index contributed by atoms with van der Waals surface area (Å²) in [6.45, 7) is -0.388. The Morgan fingerprint density at radius 3 is 1.99 bits per heavy atom. The molecule has 0 unspecified atom stereocenters. The van der Waals surface area contributed by atoms with Crippen molar-refractivity contribution in [1.29, 1.82) is 0 Å². The Hall–Kier alpha value is -7.62. The molecule has 2 heterocycles. The Kier molecular flexibility index (Phi) is 24.4. The number of amides is 11. The number of primary amides is 3. The largest absolute Gasteiger partial charge is 0.497 e. The van der Waals surface area contributed by atoms with E-state index in [1.165, 1.54) is 12.0 Å². The second-order valence-electron chi connectivity index (χ2n) is 17.5. The number of carbonyl (C=O) groups is 11. The Bertz CT molecular complexity index is 2400. The highest BCUT2D eigenvalue weighted by Crippen LogP contribution is 2.26. The van der Waals surface area contributed by atoms with E-state index in [9.17, 15) is 52.7 Å². The third-order valence-electron chi connectivity index (χ3n) is 11.7. The molecule has 0 radical (unpaired) electrons. The summed E-state index contributed by atoms with van der Waals surface area (Å²) in [6, 6.07) is 5.55. The van der Waals surface area contributed by atoms with Gasteiger partial charge in [0.2, 0.25) is 65.0 Å². The Morgan fingerprint density at radius 1 is 0.747 bits per heavy atom. The minimum Gasteiger partial charge on any atom is -0.497 e. The van der Waals surface area contributed by atoms with Gasteiger partial charge in [-0.05, 0) is 55.4 Å². The van der Waals surface area contributed by atoms with Crippen LogP contribution in [0.4, 0.5) is 0 Å². The smallest absolute Gasteiger partial charge is 0.246 e. The van der Waals surface area contributed by atoms with E-state index in [1.807, 2.05) is 0 Å². The van der Waals surface area contributed by atoms with Crippen LogP contribution in [0.1, 0.15) is 62.5 Å². The maximum atomic E-state index is 14.6. The van der Waals surface area contributed by atoms with Gasteiger partial charge in [-0.15, -0.1) is 0 Å². The number of nitrogens with two attached hydrogens (primary N) is 5. The molecule has 0 spiro atoms. The molecular weight excluding hydrogens is 1020 g/mol. The number of methoxy groups -OCH3 is 1. The van der Waals surface area contributed by atoms with Gasteiger partial charge in [-0.1, -0.05) is 64.1 Å². The van der Waals surface area contributed by atoms with Crippen molar-refractivity contribution in [3.8, 4) is 5.75 Å². The molecule has 11 amide bonds. The molecule has 4 rings (SSSR count). The standard InChI is InChI=1S/C47H66N14O12S2/c1-73-28-13-11-27(12-14-28)22-31-42(68)58-32(21-26-7-3-2-4-8-26)43(69)56-30(15-16-36(48)62)41(67)59-33(23-37(49)63)44(70)60-34(25-75-74-20-17-39(65)55-31)46(72)61-19-6-10-35(61)45(71)57-29(9-5-18-53-47(51)52)40(66)54-24-38(50)64/h2-4,7-8,11-14,29-35H,5-6,9-10,15-25H2,1H3,(H2,48,62)(H2,49,63)(H2,50,64)(H,54,66)(H,55,65)(H,56,69)(H,57,71)(H,58,68)(H,59,67)(H,60,70)(H4,51,52,53)/t29-,30+,31-,32+,33+,34+,35+/m1/s1. The summed E-state index contributed by atoms with van der Waals surface area (Å²) >= 11 is 0. The lowest BCUT2D eigenvalue weighted by molar-refractivity contribution is -0.142. The van der Waals surface area contributed by atoms with E-state index in [-0.39, 0.29) is 69.1 Å². The van der Waals surface area contributed by atoms with Gasteiger partial charge in [-0.25, -0.2) is 0 Å². The average molecular weight is 1080 g/mol. The lowest BCUT2D eigenvalue weighted by atomic mass is 10.0. The van der Waals surface area contributed by atoms with Crippen molar-refractivity contribution in [3.63, 3.8) is 0 Å². The van der Waals surface area contributed by atoms with Crippen LogP contribution in [0.15, 0.2) is 59.6 Å². The van der Waals surface area contributed by atoms with Gasteiger partial charge in [-0.3, -0.25) is 57.7 Å². The molecule has 0 saturated carbocycles. The van der Waals surface area contributed by atoms with Crippen LogP contribution < -0.4 is 70.6 Å². The SMILES string of the molecule is COc1ccc(C[C@H]2NC(=O)CCSSC[C@@H](C(=O)N3CCC[C@H]3C(=O)N[C@H](CCCN=C(N)N)C(=O)NCC(N)=O)NC(=O)[C@H](CC(N)=O)NC(=O)[C@H](CCC(N)=O)NC(=O)[C@H](Cc3ccccc3)NC2=O)cc1. The fourth-order valence-corrected chi connectivity index (χ4v) is 10.1. The quantitative estimate of drug-likeness (QED) is 0.0260. The van der Waals surface area contributed by atoms with Gasteiger partial charge < -0.3 is 75.5 Å². The number of likely N-dealkylation sites (tertiary alicyclic amines) is 1. The maximum Gasteiger partial charge on any atom is 0.246 e. The number of hydrogen-bond donors (Lipinski definition) is 12. The van der Waals surface area contributed by atoms with E-state index in [4.69, 9.17) is 33.4 Å². The lowest BCUT2D eigenvalue weighted by Gasteiger charge is -2.31. The lowest BCUT2D eigenvalue weighted by Crippen LogP contribution is -2.61. The number of nitrogens with zero attached hydrogens (tertiary/aromatic N) is 2. The number of ether oxygens (including phenoxy) is 1. The molecule has 0 aromatic heterocycles. The van der Waals surface area contributed by atoms with Crippen molar-refractivity contribution < 1.29 is 57.5 Å². The predicted octanol–water partition coefficient (Wildman–Crippen LogP) is -4.04. The van der Waals surface area contributed by atoms with Crippen molar-refractivity contribution in [2.24, 2.45) is 33.7 Å². The van der Waals surface area contributed by atoms with Gasteiger partial charge in [-0.2, -0.15) is 0 Å². The molecule has 2 aliphatic heterocycles. The molecule has 26 nitrogen and oxygen atoms in total. The van der Waals surface area contributed by atoms with E-state index >= 15 is 0 Å². The summed E-state index contributed by atoms with van der Waals surface area (Å²) in [5.41, 5.74) is 28.3. The van der Waals surface area contributed by atoms with Crippen molar-refractivity contribution in [3.05, 3.63) is 65.7 Å². The van der Waals surface area contributed by atoms with E-state index in [1.54, 1.807) is 54.6 Å². The monoisotopic (exact) mass is 1080 g/mol. The molecular formula is C47H66N14O12S2. The normalized spacial score (nSPS) is 21.6. The van der Waals surface area contributed by atoms with Crippen molar-refractivity contribution in [1.82, 2.24) is 42.1 Å². The van der Waals surface area contributed by atoms with Crippen LogP contribution in [0, 0.1) is 0 Å². The molecule has 17 N–H and O–H groups in total. The highest BCUT2D eigenvalue weighted by Gasteiger charge is 2.40. The molecule has 28 heteroatoms. The third-order valence-corrected chi connectivity index (χ3v) is 14.1. The van der Waals surface area contributed by atoms with Gasteiger partial charge in [0.1, 0.15) is 48.0 Å². The second kappa shape index (κ2) is 30.5. The number of hydrogen-bond acceptors (Lipinski definition) is 15. The number of nitrogens with one attached hydrogen (secondary N) is 7. The summed E-state index contributed by atoms with van der Waals surface area (Å²) in [4.78, 5) is 153. The summed E-state index contributed by atoms with van der Waals surface area (Å²) in [5.74, 6) is -9.00. The molecule has 0 aliphatic carbocycles. The molecule has 2 aromatic carbocycles. The zero-order valence-corrected chi connectivity index (χ0v) is 43.0. The number of guanidine groups is 1. The van der Waals surface area contributed by atoms with Crippen LogP contribution in [-0.2, 0) is 65.6 Å². The van der Waals surface area contributed by atoms with E-state index in [0.717, 1.165) is 21.6 Å². The minimum atomic E-state index is -1.76. The molecule has 7 atom stereocenters. The number of rotatable bonds is 20. The first-order chi connectivity index (χ1) is 35.7. The van der Waals surface area contributed by atoms with Crippen LogP contribution in [-0.4, -0.2) is 156 Å². The Balaban J connectivity index is 1.69. The zero-order valence-electron chi connectivity index (χ0n) is 41.3. The number of aliphatic imine (C=N–C) groups is 1. The molecule has 2 fully saturated rings. The highest BCUT2D eigenvalue weighted by atomic mass is 33.1. The fourth-order valence-electron chi connectivity index (χ4n) is 7.91. The first-order valence-electron chi connectivity index (χ1n) is 24.0. The predicted molar refractivity (Wildman–Crippen MR) is 277 cm³/mol. The van der Waals surface area contributed by atoms with Gasteiger partial charge >= 0.3 is 0 Å². The van der Waals surface area contributed by atoms with Crippen molar-refractivity contribution in [2.75, 3.05) is 38.2 Å². The first-order valence-corrected chi connectivity index (χ1v) is 26.4. The maximum absolute atomic E-state index is 14.6. The van der Waals surface area contributed by atoms with E-state index < -0.39 is 133 Å². The van der Waals surface area contributed by atoms with Crippen LogP contribution in [0.5, 0.6) is 5.75 Å². The summed E-state index contributed by atoms with van der Waals surface area (Å²) in [5, 5.41) is 18.0. The van der Waals surface area contributed by atoms with Crippen LogP contribution in [0.2, 0.25) is 0 Å². The molecule has 0 bridgehead atoms. The van der Waals surface area contributed by atoms with Gasteiger partial charge in [0.05, 0.1) is 20.1 Å². The van der Waals surface area contributed by atoms with Crippen molar-refractivity contribution in [2.45, 2.75) is 107 Å². The second-order valence-corrected chi connectivity index (χ2v) is 20.1. The molecule has 2 aromatic rings. The van der Waals surface area contributed by atoms with Crippen LogP contribution in [0.25, 0.3) is 0 Å². The van der Waals surface area contributed by atoms with Crippen LogP contribution in [0.3, 0.4) is 0 Å². The third kappa shape index (κ3) is 20.7. The highest BCUT2D eigenvalue weighted by molar-refractivity contribution is 8.76. The number of benzene rings is 2. The van der Waals surface area contributed by atoms with Gasteiger partial charge in [0, 0.05) is 50.3 Å². The Labute approximate surface area is 440 Å². The van der Waals surface area contributed by atoms with E-state index in [0.29, 0.717) is 23.3 Å². The van der Waals surface area contributed by atoms with Gasteiger partial charge in [0.25, 0.3) is 0 Å². The molecule has 408 valence electrons. The summed E-state index contributed by atoms with van der Waals surface area (Å²) in [6.07, 6.45) is -1.19. The van der Waals surface area contributed by atoms with E-state index in [2.05, 4.69) is 42.2 Å².